The summed E-state index contributed by atoms with van der Waals surface area (Å²) in [5.41, 5.74) is 6.61. The Kier molecular flexibility index (Phi) is 4.44. The van der Waals surface area contributed by atoms with Gasteiger partial charge in [0.1, 0.15) is 4.88 Å². The first-order chi connectivity index (χ1) is 8.99. The zero-order chi connectivity index (χ0) is 14.0. The molecule has 0 fully saturated rings. The number of halogens is 1. The average molecular weight is 342 g/mol. The van der Waals surface area contributed by atoms with Crippen molar-refractivity contribution in [1.82, 2.24) is 10.2 Å². The fourth-order valence-corrected chi connectivity index (χ4v) is 3.32. The number of anilines is 1. The summed E-state index contributed by atoms with van der Waals surface area (Å²) >= 11 is 4.85. The van der Waals surface area contributed by atoms with E-state index < -0.39 is 0 Å². The van der Waals surface area contributed by atoms with Gasteiger partial charge in [-0.3, -0.25) is 4.79 Å². The number of nitrogens with zero attached hydrogens (tertiary/aromatic N) is 1. The van der Waals surface area contributed by atoms with E-state index in [2.05, 4.69) is 21.2 Å². The quantitative estimate of drug-likeness (QED) is 0.898. The summed E-state index contributed by atoms with van der Waals surface area (Å²) in [6, 6.07) is 5.84. The highest BCUT2D eigenvalue weighted by Crippen LogP contribution is 2.35. The van der Waals surface area contributed by atoms with Crippen LogP contribution in [0.25, 0.3) is 10.1 Å². The predicted octanol–water partition coefficient (Wildman–Crippen LogP) is 2.54. The normalized spacial score (nSPS) is 11.2. The first-order valence-electron chi connectivity index (χ1n) is 5.89. The second kappa shape index (κ2) is 5.90. The van der Waals surface area contributed by atoms with Crippen molar-refractivity contribution in [2.45, 2.75) is 0 Å². The Morgan fingerprint density at radius 3 is 2.89 bits per heavy atom. The Bertz CT molecular complexity index is 609. The van der Waals surface area contributed by atoms with Crippen LogP contribution in [-0.4, -0.2) is 38.0 Å². The van der Waals surface area contributed by atoms with Crippen molar-refractivity contribution in [3.63, 3.8) is 0 Å². The van der Waals surface area contributed by atoms with Crippen LogP contribution in [0.5, 0.6) is 0 Å². The number of fused-ring (bicyclic) bond motifs is 1. The molecule has 0 spiro atoms. The lowest BCUT2D eigenvalue weighted by Gasteiger charge is -2.09. The van der Waals surface area contributed by atoms with Gasteiger partial charge < -0.3 is 16.0 Å². The van der Waals surface area contributed by atoms with Crippen molar-refractivity contribution in [3.05, 3.63) is 27.5 Å². The Morgan fingerprint density at radius 1 is 1.47 bits per heavy atom. The number of nitrogens with two attached hydrogens (primary N) is 1. The standard InChI is InChI=1S/C13H16BrN3OS/c1-17(2)6-5-16-13(18)12-11(15)9-4-3-8(14)7-10(9)19-12/h3-4,7H,5-6,15H2,1-2H3,(H,16,18). The summed E-state index contributed by atoms with van der Waals surface area (Å²) in [6.07, 6.45) is 0. The van der Waals surface area contributed by atoms with Crippen LogP contribution in [0.4, 0.5) is 5.69 Å². The molecule has 0 saturated heterocycles. The van der Waals surface area contributed by atoms with Gasteiger partial charge in [-0.05, 0) is 26.2 Å². The van der Waals surface area contributed by atoms with Crippen molar-refractivity contribution in [3.8, 4) is 0 Å². The Labute approximate surface area is 124 Å². The van der Waals surface area contributed by atoms with E-state index in [1.807, 2.05) is 37.2 Å². The summed E-state index contributed by atoms with van der Waals surface area (Å²) in [6.45, 7) is 1.42. The van der Waals surface area contributed by atoms with Crippen molar-refractivity contribution < 1.29 is 4.79 Å². The number of amides is 1. The molecular weight excluding hydrogens is 326 g/mol. The largest absolute Gasteiger partial charge is 0.397 e. The highest BCUT2D eigenvalue weighted by molar-refractivity contribution is 9.10. The summed E-state index contributed by atoms with van der Waals surface area (Å²) in [4.78, 5) is 14.7. The number of hydrogen-bond donors (Lipinski definition) is 2. The average Bonchev–Trinajstić information content (AvgIpc) is 2.65. The lowest BCUT2D eigenvalue weighted by molar-refractivity contribution is 0.0956. The van der Waals surface area contributed by atoms with Crippen LogP contribution in [0.3, 0.4) is 0 Å². The number of nitrogen functional groups attached to an aromatic ring is 1. The van der Waals surface area contributed by atoms with Crippen LogP contribution >= 0.6 is 27.3 Å². The van der Waals surface area contributed by atoms with Crippen LogP contribution in [0.1, 0.15) is 9.67 Å². The predicted molar refractivity (Wildman–Crippen MR) is 84.8 cm³/mol. The second-order valence-corrected chi connectivity index (χ2v) is 6.51. The first-order valence-corrected chi connectivity index (χ1v) is 7.50. The Hall–Kier alpha value is -1.11. The van der Waals surface area contributed by atoms with Gasteiger partial charge in [0.2, 0.25) is 0 Å². The summed E-state index contributed by atoms with van der Waals surface area (Å²) in [7, 11) is 3.94. The van der Waals surface area contributed by atoms with Crippen LogP contribution in [-0.2, 0) is 0 Å². The number of carbonyl (C=O) groups is 1. The number of nitrogens with one attached hydrogen (secondary N) is 1. The molecule has 2 aromatic rings. The van der Waals surface area contributed by atoms with Crippen molar-refractivity contribution in [2.24, 2.45) is 0 Å². The second-order valence-electron chi connectivity index (χ2n) is 4.54. The number of likely N-dealkylation sites (N-methyl/N-ethyl adjacent to an activating group) is 1. The molecule has 0 atom stereocenters. The van der Waals surface area contributed by atoms with Gasteiger partial charge in [0.15, 0.2) is 0 Å². The summed E-state index contributed by atoms with van der Waals surface area (Å²) in [5, 5.41) is 3.82. The third-order valence-electron chi connectivity index (χ3n) is 2.74. The van der Waals surface area contributed by atoms with Gasteiger partial charge in [0.05, 0.1) is 5.69 Å². The fraction of sp³-hybridized carbons (Fsp3) is 0.308. The first kappa shape index (κ1) is 14.3. The lowest BCUT2D eigenvalue weighted by atomic mass is 10.2. The van der Waals surface area contributed by atoms with Gasteiger partial charge in [-0.2, -0.15) is 0 Å². The van der Waals surface area contributed by atoms with E-state index in [0.717, 1.165) is 21.1 Å². The van der Waals surface area contributed by atoms with Crippen LogP contribution in [0.15, 0.2) is 22.7 Å². The molecule has 2 rings (SSSR count). The summed E-state index contributed by atoms with van der Waals surface area (Å²) < 4.78 is 2.01. The van der Waals surface area contributed by atoms with Gasteiger partial charge in [0.25, 0.3) is 5.91 Å². The number of benzene rings is 1. The highest BCUT2D eigenvalue weighted by atomic mass is 79.9. The maximum atomic E-state index is 12.1. The molecule has 19 heavy (non-hydrogen) atoms. The fourth-order valence-electron chi connectivity index (χ4n) is 1.73. The van der Waals surface area contributed by atoms with E-state index in [0.29, 0.717) is 17.1 Å². The van der Waals surface area contributed by atoms with Gasteiger partial charge in [-0.25, -0.2) is 0 Å². The molecule has 1 aromatic carbocycles. The third-order valence-corrected chi connectivity index (χ3v) is 4.40. The molecule has 0 radical (unpaired) electrons. The molecule has 0 unspecified atom stereocenters. The van der Waals surface area contributed by atoms with Crippen LogP contribution in [0.2, 0.25) is 0 Å². The molecule has 1 aromatic heterocycles. The van der Waals surface area contributed by atoms with E-state index >= 15 is 0 Å². The van der Waals surface area contributed by atoms with Crippen molar-refractivity contribution in [1.29, 1.82) is 0 Å². The minimum Gasteiger partial charge on any atom is -0.397 e. The molecule has 6 heteroatoms. The molecular formula is C13H16BrN3OS. The zero-order valence-corrected chi connectivity index (χ0v) is 13.3. The molecule has 3 N–H and O–H groups in total. The monoisotopic (exact) mass is 341 g/mol. The van der Waals surface area contributed by atoms with Gasteiger partial charge >= 0.3 is 0 Å². The van der Waals surface area contributed by atoms with Crippen LogP contribution < -0.4 is 11.1 Å². The lowest BCUT2D eigenvalue weighted by Crippen LogP contribution is -2.31. The minimum atomic E-state index is -0.100. The number of rotatable bonds is 4. The molecule has 1 amide bonds. The highest BCUT2D eigenvalue weighted by Gasteiger charge is 2.16. The molecule has 4 nitrogen and oxygen atoms in total. The van der Waals surface area contributed by atoms with Gasteiger partial charge in [-0.1, -0.05) is 22.0 Å². The van der Waals surface area contributed by atoms with Crippen LogP contribution in [0, 0.1) is 0 Å². The van der Waals surface area contributed by atoms with E-state index in [1.165, 1.54) is 11.3 Å². The number of thiophene rings is 1. The molecule has 0 aliphatic heterocycles. The SMILES string of the molecule is CN(C)CCNC(=O)c1sc2cc(Br)ccc2c1N. The smallest absolute Gasteiger partial charge is 0.263 e. The summed E-state index contributed by atoms with van der Waals surface area (Å²) in [5.74, 6) is -0.100. The number of carbonyl (C=O) groups excluding carboxylic acids is 1. The topological polar surface area (TPSA) is 58.4 Å². The maximum Gasteiger partial charge on any atom is 0.263 e. The minimum absolute atomic E-state index is 0.100. The Morgan fingerprint density at radius 2 is 2.21 bits per heavy atom. The molecule has 0 saturated carbocycles. The van der Waals surface area contributed by atoms with Gasteiger partial charge in [0, 0.05) is 27.6 Å². The van der Waals surface area contributed by atoms with E-state index in [1.54, 1.807) is 0 Å². The maximum absolute atomic E-state index is 12.1. The Balaban J connectivity index is 2.20. The molecule has 0 bridgehead atoms. The third kappa shape index (κ3) is 3.26. The van der Waals surface area contributed by atoms with Crippen molar-refractivity contribution in [2.75, 3.05) is 32.9 Å². The number of hydrogen-bond acceptors (Lipinski definition) is 4. The van der Waals surface area contributed by atoms with E-state index in [9.17, 15) is 4.79 Å². The van der Waals surface area contributed by atoms with Gasteiger partial charge in [-0.15, -0.1) is 11.3 Å². The van der Waals surface area contributed by atoms with E-state index in [-0.39, 0.29) is 5.91 Å². The molecule has 102 valence electrons. The van der Waals surface area contributed by atoms with Crippen molar-refractivity contribution >= 4 is 48.9 Å². The molecule has 0 aliphatic carbocycles. The van der Waals surface area contributed by atoms with E-state index in [4.69, 9.17) is 5.73 Å². The molecule has 0 aliphatic rings. The zero-order valence-electron chi connectivity index (χ0n) is 10.9. The molecule has 1 heterocycles.